The van der Waals surface area contributed by atoms with E-state index in [1.54, 1.807) is 11.3 Å². The zero-order chi connectivity index (χ0) is 3.54. The molecule has 1 heterocycles. The quantitative estimate of drug-likeness (QED) is 0.480. The number of rotatable bonds is 0. The van der Waals surface area contributed by atoms with Crippen LogP contribution in [0, 0.1) is 0 Å². The summed E-state index contributed by atoms with van der Waals surface area (Å²) in [4.78, 5) is 0. The maximum Gasteiger partial charge on any atom is 0 e. The van der Waals surface area contributed by atoms with E-state index in [1.165, 1.54) is 0 Å². The molecular weight excluding hydrogens is 135 g/mol. The SMILES string of the molecule is [Mn].c1ccsc1. The van der Waals surface area contributed by atoms with Crippen LogP contribution in [0.5, 0.6) is 0 Å². The van der Waals surface area contributed by atoms with Gasteiger partial charge in [-0.3, -0.25) is 0 Å². The summed E-state index contributed by atoms with van der Waals surface area (Å²) in [5.74, 6) is 0. The minimum absolute atomic E-state index is 0. The van der Waals surface area contributed by atoms with Gasteiger partial charge in [0.1, 0.15) is 0 Å². The van der Waals surface area contributed by atoms with Gasteiger partial charge in [-0.2, -0.15) is 11.3 Å². The first kappa shape index (κ1) is 6.22. The molecule has 33 valence electrons. The van der Waals surface area contributed by atoms with Crippen LogP contribution in [0.3, 0.4) is 0 Å². The monoisotopic (exact) mass is 139 g/mol. The fourth-order valence-corrected chi connectivity index (χ4v) is 0.680. The molecule has 0 amide bonds. The van der Waals surface area contributed by atoms with E-state index >= 15 is 0 Å². The Labute approximate surface area is 51.7 Å². The molecule has 0 bridgehead atoms. The van der Waals surface area contributed by atoms with Gasteiger partial charge in [-0.25, -0.2) is 0 Å². The fraction of sp³-hybridized carbons (Fsp3) is 0. The van der Waals surface area contributed by atoms with Crippen molar-refractivity contribution in [2.75, 3.05) is 0 Å². The van der Waals surface area contributed by atoms with Gasteiger partial charge in [-0.15, -0.1) is 0 Å². The smallest absolute Gasteiger partial charge is 0 e. The van der Waals surface area contributed by atoms with E-state index in [0.29, 0.717) is 0 Å². The van der Waals surface area contributed by atoms with E-state index in [9.17, 15) is 0 Å². The third-order valence-corrected chi connectivity index (χ3v) is 1.05. The molecular formula is C4H4MnS. The molecule has 0 aliphatic heterocycles. The van der Waals surface area contributed by atoms with Crippen molar-refractivity contribution < 1.29 is 17.1 Å². The third-order valence-electron chi connectivity index (χ3n) is 0.425. The average Bonchev–Trinajstić information content (AvgIpc) is 1.76. The first-order chi connectivity index (χ1) is 2.50. The summed E-state index contributed by atoms with van der Waals surface area (Å²) in [6.07, 6.45) is 0. The molecule has 0 fully saturated rings. The Morgan fingerprint density at radius 2 is 1.50 bits per heavy atom. The Morgan fingerprint density at radius 3 is 1.67 bits per heavy atom. The number of hydrogen-bond donors (Lipinski definition) is 0. The van der Waals surface area contributed by atoms with E-state index in [1.807, 2.05) is 22.9 Å². The third kappa shape index (κ3) is 1.61. The summed E-state index contributed by atoms with van der Waals surface area (Å²) in [6.45, 7) is 0. The molecule has 1 radical (unpaired) electrons. The summed E-state index contributed by atoms with van der Waals surface area (Å²) < 4.78 is 0. The molecule has 1 rings (SSSR count). The number of hydrogen-bond acceptors (Lipinski definition) is 1. The second-order valence-corrected chi connectivity index (χ2v) is 1.61. The average molecular weight is 139 g/mol. The van der Waals surface area contributed by atoms with Crippen LogP contribution in [0.2, 0.25) is 0 Å². The molecule has 0 N–H and O–H groups in total. The fourth-order valence-electron chi connectivity index (χ4n) is 0.227. The molecule has 0 aromatic carbocycles. The molecule has 2 heteroatoms. The minimum Gasteiger partial charge on any atom is -0.152 e. The van der Waals surface area contributed by atoms with E-state index in [0.717, 1.165) is 0 Å². The molecule has 1 aromatic heterocycles. The standard InChI is InChI=1S/C4H4S.Mn/c1-2-4-5-3-1;/h1-4H;. The molecule has 0 saturated heterocycles. The van der Waals surface area contributed by atoms with Crippen LogP contribution >= 0.6 is 11.3 Å². The Hall–Kier alpha value is 0.219. The summed E-state index contributed by atoms with van der Waals surface area (Å²) >= 11 is 1.71. The molecule has 0 nitrogen and oxygen atoms in total. The van der Waals surface area contributed by atoms with Gasteiger partial charge in [-0.1, -0.05) is 12.1 Å². The van der Waals surface area contributed by atoms with Crippen LogP contribution < -0.4 is 0 Å². The molecule has 0 atom stereocenters. The van der Waals surface area contributed by atoms with E-state index < -0.39 is 0 Å². The maximum absolute atomic E-state index is 2.04. The van der Waals surface area contributed by atoms with Crippen molar-refractivity contribution >= 4 is 11.3 Å². The van der Waals surface area contributed by atoms with Crippen LogP contribution in [-0.2, 0) is 17.1 Å². The molecule has 0 aliphatic carbocycles. The van der Waals surface area contributed by atoms with Crippen LogP contribution in [-0.4, -0.2) is 0 Å². The van der Waals surface area contributed by atoms with Gasteiger partial charge in [0, 0.05) is 17.1 Å². The zero-order valence-corrected chi connectivity index (χ0v) is 5.09. The van der Waals surface area contributed by atoms with Gasteiger partial charge < -0.3 is 0 Å². The predicted molar refractivity (Wildman–Crippen MR) is 24.3 cm³/mol. The van der Waals surface area contributed by atoms with Gasteiger partial charge in [0.25, 0.3) is 0 Å². The first-order valence-electron chi connectivity index (χ1n) is 1.47. The van der Waals surface area contributed by atoms with Gasteiger partial charge >= 0.3 is 0 Å². The van der Waals surface area contributed by atoms with E-state index in [-0.39, 0.29) is 17.1 Å². The van der Waals surface area contributed by atoms with Crippen molar-refractivity contribution in [2.45, 2.75) is 0 Å². The summed E-state index contributed by atoms with van der Waals surface area (Å²) in [5, 5.41) is 4.08. The van der Waals surface area contributed by atoms with Crippen LogP contribution in [0.1, 0.15) is 0 Å². The summed E-state index contributed by atoms with van der Waals surface area (Å²) in [6, 6.07) is 4.04. The Kier molecular flexibility index (Phi) is 3.54. The molecule has 0 aliphatic rings. The Morgan fingerprint density at radius 1 is 1.00 bits per heavy atom. The van der Waals surface area contributed by atoms with Crippen molar-refractivity contribution in [2.24, 2.45) is 0 Å². The molecule has 0 unspecified atom stereocenters. The zero-order valence-electron chi connectivity index (χ0n) is 3.10. The predicted octanol–water partition coefficient (Wildman–Crippen LogP) is 1.75. The van der Waals surface area contributed by atoms with Gasteiger partial charge in [0.05, 0.1) is 0 Å². The Bertz CT molecular complexity index is 64.0. The normalized spacial score (nSPS) is 6.67. The molecule has 6 heavy (non-hydrogen) atoms. The van der Waals surface area contributed by atoms with Crippen molar-refractivity contribution in [3.05, 3.63) is 22.9 Å². The van der Waals surface area contributed by atoms with Crippen molar-refractivity contribution in [3.8, 4) is 0 Å². The van der Waals surface area contributed by atoms with E-state index in [2.05, 4.69) is 0 Å². The van der Waals surface area contributed by atoms with Crippen molar-refractivity contribution in [3.63, 3.8) is 0 Å². The summed E-state index contributed by atoms with van der Waals surface area (Å²) in [5.41, 5.74) is 0. The largest absolute Gasteiger partial charge is 0.152 e. The molecule has 0 spiro atoms. The first-order valence-corrected chi connectivity index (χ1v) is 2.41. The van der Waals surface area contributed by atoms with Gasteiger partial charge in [-0.05, 0) is 10.8 Å². The van der Waals surface area contributed by atoms with Gasteiger partial charge in [0.15, 0.2) is 0 Å². The maximum atomic E-state index is 2.04. The summed E-state index contributed by atoms with van der Waals surface area (Å²) in [7, 11) is 0. The topological polar surface area (TPSA) is 0 Å². The van der Waals surface area contributed by atoms with Crippen LogP contribution in [0.15, 0.2) is 22.9 Å². The second-order valence-electron chi connectivity index (χ2n) is 0.793. The van der Waals surface area contributed by atoms with E-state index in [4.69, 9.17) is 0 Å². The van der Waals surface area contributed by atoms with Crippen LogP contribution in [0.4, 0.5) is 0 Å². The van der Waals surface area contributed by atoms with Crippen molar-refractivity contribution in [1.82, 2.24) is 0 Å². The Balaban J connectivity index is 0.000000250. The second kappa shape index (κ2) is 3.41. The van der Waals surface area contributed by atoms with Crippen LogP contribution in [0.25, 0.3) is 0 Å². The number of thiophene rings is 1. The molecule has 0 saturated carbocycles. The minimum atomic E-state index is 0. The van der Waals surface area contributed by atoms with Gasteiger partial charge in [0.2, 0.25) is 0 Å². The molecule has 1 aromatic rings. The van der Waals surface area contributed by atoms with Crippen molar-refractivity contribution in [1.29, 1.82) is 0 Å².